The lowest BCUT2D eigenvalue weighted by Crippen LogP contribution is -2.27. The van der Waals surface area contributed by atoms with Gasteiger partial charge in [-0.05, 0) is 33.3 Å². The van der Waals surface area contributed by atoms with Crippen molar-refractivity contribution < 1.29 is 0 Å². The second-order valence-electron chi connectivity index (χ2n) is 4.63. The fourth-order valence-electron chi connectivity index (χ4n) is 1.24. The van der Waals surface area contributed by atoms with Crippen molar-refractivity contribution in [2.24, 2.45) is 0 Å². The quantitative estimate of drug-likeness (QED) is 0.806. The van der Waals surface area contributed by atoms with Gasteiger partial charge in [0.15, 0.2) is 0 Å². The molecule has 0 amide bonds. The van der Waals surface area contributed by atoms with E-state index in [1.54, 1.807) is 0 Å². The van der Waals surface area contributed by atoms with E-state index in [0.29, 0.717) is 11.1 Å². The van der Waals surface area contributed by atoms with Crippen LogP contribution in [0.15, 0.2) is 6.07 Å². The van der Waals surface area contributed by atoms with Crippen LogP contribution in [-0.4, -0.2) is 15.5 Å². The Morgan fingerprint density at radius 2 is 2.00 bits per heavy atom. The van der Waals surface area contributed by atoms with Gasteiger partial charge in [-0.3, -0.25) is 0 Å². The van der Waals surface area contributed by atoms with Crippen LogP contribution in [0.3, 0.4) is 0 Å². The number of hydrogen-bond acceptors (Lipinski definition) is 3. The highest BCUT2D eigenvalue weighted by Crippen LogP contribution is 2.15. The topological polar surface area (TPSA) is 37.8 Å². The Morgan fingerprint density at radius 3 is 2.53 bits per heavy atom. The minimum atomic E-state index is -0.0475. The van der Waals surface area contributed by atoms with E-state index in [9.17, 15) is 0 Å². The van der Waals surface area contributed by atoms with Crippen LogP contribution in [-0.2, 0) is 6.42 Å². The summed E-state index contributed by atoms with van der Waals surface area (Å²) < 4.78 is 0. The first-order valence-corrected chi connectivity index (χ1v) is 5.60. The minimum Gasteiger partial charge on any atom is -0.350 e. The fourth-order valence-corrected chi connectivity index (χ4v) is 1.45. The van der Waals surface area contributed by atoms with Crippen molar-refractivity contribution >= 4 is 17.5 Å². The number of hydrogen-bond donors (Lipinski definition) is 1. The molecule has 0 aromatic carbocycles. The van der Waals surface area contributed by atoms with Crippen molar-refractivity contribution in [2.75, 3.05) is 5.32 Å². The summed E-state index contributed by atoms with van der Waals surface area (Å²) in [4.78, 5) is 8.55. The average molecular weight is 228 g/mol. The van der Waals surface area contributed by atoms with Crippen LogP contribution < -0.4 is 5.32 Å². The number of aryl methyl sites for hydroxylation is 1. The van der Waals surface area contributed by atoms with Crippen LogP contribution in [0, 0.1) is 0 Å². The zero-order valence-electron chi connectivity index (χ0n) is 9.76. The molecule has 0 saturated heterocycles. The van der Waals surface area contributed by atoms with Crippen LogP contribution >= 0.6 is 11.6 Å². The van der Waals surface area contributed by atoms with Crippen molar-refractivity contribution in [2.45, 2.75) is 46.1 Å². The largest absolute Gasteiger partial charge is 0.350 e. The van der Waals surface area contributed by atoms with Gasteiger partial charge >= 0.3 is 0 Å². The van der Waals surface area contributed by atoms with E-state index >= 15 is 0 Å². The predicted octanol–water partition coefficient (Wildman–Crippen LogP) is 3.29. The standard InChI is InChI=1S/C11H18ClN3/c1-5-6-8-7-9(12)14-10(13-8)15-11(2,3)4/h7H,5-6H2,1-4H3,(H,13,14,15). The van der Waals surface area contributed by atoms with Gasteiger partial charge in [-0.25, -0.2) is 9.97 Å². The normalized spacial score (nSPS) is 11.5. The van der Waals surface area contributed by atoms with Crippen LogP contribution in [0.1, 0.15) is 39.8 Å². The van der Waals surface area contributed by atoms with E-state index in [0.717, 1.165) is 18.5 Å². The maximum Gasteiger partial charge on any atom is 0.224 e. The number of halogens is 1. The van der Waals surface area contributed by atoms with Crippen molar-refractivity contribution in [3.63, 3.8) is 0 Å². The van der Waals surface area contributed by atoms with E-state index in [1.807, 2.05) is 6.07 Å². The molecule has 0 aliphatic rings. The molecule has 0 radical (unpaired) electrons. The molecule has 4 heteroatoms. The van der Waals surface area contributed by atoms with Crippen LogP contribution in [0.25, 0.3) is 0 Å². The lowest BCUT2D eigenvalue weighted by molar-refractivity contribution is 0.624. The average Bonchev–Trinajstić information content (AvgIpc) is 1.99. The van der Waals surface area contributed by atoms with Crippen LogP contribution in [0.4, 0.5) is 5.95 Å². The Kier molecular flexibility index (Phi) is 3.91. The smallest absolute Gasteiger partial charge is 0.224 e. The summed E-state index contributed by atoms with van der Waals surface area (Å²) in [5, 5.41) is 3.71. The summed E-state index contributed by atoms with van der Waals surface area (Å²) in [6.45, 7) is 8.32. The molecule has 1 heterocycles. The van der Waals surface area contributed by atoms with Gasteiger partial charge in [-0.2, -0.15) is 0 Å². The molecule has 0 spiro atoms. The monoisotopic (exact) mass is 227 g/mol. The highest BCUT2D eigenvalue weighted by Gasteiger charge is 2.12. The second kappa shape index (κ2) is 4.79. The lowest BCUT2D eigenvalue weighted by atomic mass is 10.1. The van der Waals surface area contributed by atoms with Crippen molar-refractivity contribution in [1.82, 2.24) is 9.97 Å². The number of anilines is 1. The van der Waals surface area contributed by atoms with Crippen LogP contribution in [0.5, 0.6) is 0 Å². The molecule has 0 saturated carbocycles. The molecule has 1 N–H and O–H groups in total. The molecular weight excluding hydrogens is 210 g/mol. The van der Waals surface area contributed by atoms with E-state index < -0.39 is 0 Å². The summed E-state index contributed by atoms with van der Waals surface area (Å²) in [7, 11) is 0. The van der Waals surface area contributed by atoms with Gasteiger partial charge in [0.05, 0.1) is 0 Å². The molecule has 0 aliphatic carbocycles. The summed E-state index contributed by atoms with van der Waals surface area (Å²) in [6.07, 6.45) is 1.99. The Bertz CT molecular complexity index is 331. The Balaban J connectivity index is 2.88. The van der Waals surface area contributed by atoms with Crippen molar-refractivity contribution in [3.8, 4) is 0 Å². The van der Waals surface area contributed by atoms with Gasteiger partial charge in [0, 0.05) is 11.2 Å². The van der Waals surface area contributed by atoms with Gasteiger partial charge < -0.3 is 5.32 Å². The molecule has 1 aromatic rings. The molecule has 3 nitrogen and oxygen atoms in total. The van der Waals surface area contributed by atoms with Crippen LogP contribution in [0.2, 0.25) is 5.15 Å². The molecular formula is C11H18ClN3. The molecule has 1 aromatic heterocycles. The SMILES string of the molecule is CCCc1cc(Cl)nc(NC(C)(C)C)n1. The van der Waals surface area contributed by atoms with E-state index in [2.05, 4.69) is 43.0 Å². The van der Waals surface area contributed by atoms with Crippen molar-refractivity contribution in [1.29, 1.82) is 0 Å². The highest BCUT2D eigenvalue weighted by molar-refractivity contribution is 6.29. The predicted molar refractivity (Wildman–Crippen MR) is 64.4 cm³/mol. The van der Waals surface area contributed by atoms with Gasteiger partial charge in [0.25, 0.3) is 0 Å². The summed E-state index contributed by atoms with van der Waals surface area (Å²) in [5.41, 5.74) is 0.943. The molecule has 15 heavy (non-hydrogen) atoms. The van der Waals surface area contributed by atoms with E-state index in [-0.39, 0.29) is 5.54 Å². The maximum atomic E-state index is 5.92. The van der Waals surface area contributed by atoms with Crippen molar-refractivity contribution in [3.05, 3.63) is 16.9 Å². The Hall–Kier alpha value is -0.830. The maximum absolute atomic E-state index is 5.92. The molecule has 0 atom stereocenters. The van der Waals surface area contributed by atoms with E-state index in [4.69, 9.17) is 11.6 Å². The first-order chi connectivity index (χ1) is 6.90. The van der Waals surface area contributed by atoms with Gasteiger partial charge in [-0.15, -0.1) is 0 Å². The molecule has 0 bridgehead atoms. The summed E-state index contributed by atoms with van der Waals surface area (Å²) in [6, 6.07) is 1.82. The molecule has 0 unspecified atom stereocenters. The first-order valence-electron chi connectivity index (χ1n) is 5.22. The molecule has 1 rings (SSSR count). The fraction of sp³-hybridized carbons (Fsp3) is 0.636. The Morgan fingerprint density at radius 1 is 1.33 bits per heavy atom. The molecule has 0 aliphatic heterocycles. The third-order valence-electron chi connectivity index (χ3n) is 1.74. The number of aromatic nitrogens is 2. The zero-order chi connectivity index (χ0) is 11.5. The minimum absolute atomic E-state index is 0.0475. The number of nitrogens with zero attached hydrogens (tertiary/aromatic N) is 2. The lowest BCUT2D eigenvalue weighted by Gasteiger charge is -2.20. The Labute approximate surface area is 96.3 Å². The summed E-state index contributed by atoms with van der Waals surface area (Å²) in [5.74, 6) is 0.610. The highest BCUT2D eigenvalue weighted by atomic mass is 35.5. The molecule has 84 valence electrons. The number of rotatable bonds is 3. The van der Waals surface area contributed by atoms with Gasteiger partial charge in [0.2, 0.25) is 5.95 Å². The second-order valence-corrected chi connectivity index (χ2v) is 5.02. The zero-order valence-corrected chi connectivity index (χ0v) is 10.5. The summed E-state index contributed by atoms with van der Waals surface area (Å²) >= 11 is 5.92. The molecule has 0 fully saturated rings. The van der Waals surface area contributed by atoms with Gasteiger partial charge in [-0.1, -0.05) is 24.9 Å². The van der Waals surface area contributed by atoms with Gasteiger partial charge in [0.1, 0.15) is 5.15 Å². The van der Waals surface area contributed by atoms with E-state index in [1.165, 1.54) is 0 Å². The third kappa shape index (κ3) is 4.47. The third-order valence-corrected chi connectivity index (χ3v) is 1.93. The number of nitrogens with one attached hydrogen (secondary N) is 1. The first kappa shape index (κ1) is 12.2.